The number of nitriles is 1. The molecule has 3 rings (SSSR count). The molecule has 28 heavy (non-hydrogen) atoms. The molecule has 0 saturated carbocycles. The second kappa shape index (κ2) is 9.25. The zero-order valence-electron chi connectivity index (χ0n) is 15.9. The van der Waals surface area contributed by atoms with E-state index in [9.17, 15) is 4.79 Å². The van der Waals surface area contributed by atoms with Crippen molar-refractivity contribution in [1.29, 1.82) is 5.26 Å². The minimum Gasteiger partial charge on any atom is -0.325 e. The van der Waals surface area contributed by atoms with Crippen molar-refractivity contribution >= 4 is 23.4 Å². The van der Waals surface area contributed by atoms with Gasteiger partial charge in [0.2, 0.25) is 5.91 Å². The largest absolute Gasteiger partial charge is 0.325 e. The van der Waals surface area contributed by atoms with Crippen molar-refractivity contribution in [1.82, 2.24) is 9.55 Å². The molecule has 0 aliphatic rings. The lowest BCUT2D eigenvalue weighted by molar-refractivity contribution is -0.113. The Morgan fingerprint density at radius 2 is 1.89 bits per heavy atom. The van der Waals surface area contributed by atoms with Crippen LogP contribution in [0, 0.1) is 11.3 Å². The van der Waals surface area contributed by atoms with Gasteiger partial charge in [0.1, 0.15) is 0 Å². The Labute approximate surface area is 169 Å². The highest BCUT2D eigenvalue weighted by Crippen LogP contribution is 2.23. The summed E-state index contributed by atoms with van der Waals surface area (Å²) in [4.78, 5) is 16.6. The van der Waals surface area contributed by atoms with E-state index >= 15 is 0 Å². The van der Waals surface area contributed by atoms with E-state index in [2.05, 4.69) is 54.5 Å². The highest BCUT2D eigenvalue weighted by atomic mass is 32.2. The SMILES string of the molecule is CC(C)c1ccc(-n2ccnc2SCC(=O)Nc2ccc(CC#N)cc2)cc1. The van der Waals surface area contributed by atoms with Crippen LogP contribution in [0.5, 0.6) is 0 Å². The molecule has 0 aliphatic heterocycles. The molecule has 0 bridgehead atoms. The van der Waals surface area contributed by atoms with E-state index in [1.807, 2.05) is 35.0 Å². The molecule has 0 fully saturated rings. The molecule has 0 saturated heterocycles. The summed E-state index contributed by atoms with van der Waals surface area (Å²) in [6, 6.07) is 17.8. The average molecular weight is 391 g/mol. The number of anilines is 1. The van der Waals surface area contributed by atoms with Crippen LogP contribution in [0.1, 0.15) is 30.9 Å². The molecule has 142 valence electrons. The standard InChI is InChI=1S/C22H22N4OS/c1-16(2)18-5-9-20(10-6-18)26-14-13-24-22(26)28-15-21(27)25-19-7-3-17(4-8-19)11-12-23/h3-10,13-14,16H,11,15H2,1-2H3,(H,25,27). The first-order valence-corrected chi connectivity index (χ1v) is 10.1. The monoisotopic (exact) mass is 390 g/mol. The molecule has 0 radical (unpaired) electrons. The smallest absolute Gasteiger partial charge is 0.234 e. The van der Waals surface area contributed by atoms with Gasteiger partial charge in [-0.05, 0) is 41.3 Å². The van der Waals surface area contributed by atoms with E-state index in [1.54, 1.807) is 6.20 Å². The molecular weight excluding hydrogens is 368 g/mol. The van der Waals surface area contributed by atoms with Gasteiger partial charge in [-0.2, -0.15) is 5.26 Å². The zero-order valence-corrected chi connectivity index (χ0v) is 16.7. The minimum absolute atomic E-state index is 0.0947. The zero-order chi connectivity index (χ0) is 19.9. The first kappa shape index (κ1) is 19.7. The van der Waals surface area contributed by atoms with E-state index < -0.39 is 0 Å². The summed E-state index contributed by atoms with van der Waals surface area (Å²) in [5.41, 5.74) is 3.97. The van der Waals surface area contributed by atoms with Gasteiger partial charge in [-0.1, -0.05) is 49.9 Å². The van der Waals surface area contributed by atoms with Gasteiger partial charge in [0.15, 0.2) is 5.16 Å². The number of aromatic nitrogens is 2. The highest BCUT2D eigenvalue weighted by molar-refractivity contribution is 7.99. The maximum absolute atomic E-state index is 12.3. The normalized spacial score (nSPS) is 10.6. The lowest BCUT2D eigenvalue weighted by Crippen LogP contribution is -2.14. The van der Waals surface area contributed by atoms with Crippen molar-refractivity contribution in [2.24, 2.45) is 0 Å². The molecule has 0 unspecified atom stereocenters. The number of rotatable bonds is 7. The Morgan fingerprint density at radius 1 is 1.18 bits per heavy atom. The van der Waals surface area contributed by atoms with Crippen molar-refractivity contribution < 1.29 is 4.79 Å². The molecule has 6 heteroatoms. The second-order valence-electron chi connectivity index (χ2n) is 6.69. The maximum atomic E-state index is 12.3. The Kier molecular flexibility index (Phi) is 6.51. The van der Waals surface area contributed by atoms with Crippen molar-refractivity contribution in [2.45, 2.75) is 31.3 Å². The molecule has 5 nitrogen and oxygen atoms in total. The molecule has 0 aliphatic carbocycles. The first-order chi connectivity index (χ1) is 13.6. The van der Waals surface area contributed by atoms with Gasteiger partial charge in [0.05, 0.1) is 18.2 Å². The van der Waals surface area contributed by atoms with Gasteiger partial charge in [-0.15, -0.1) is 0 Å². The number of carbonyl (C=O) groups excluding carboxylic acids is 1. The van der Waals surface area contributed by atoms with Crippen LogP contribution in [-0.2, 0) is 11.2 Å². The molecule has 1 N–H and O–H groups in total. The number of hydrogen-bond acceptors (Lipinski definition) is 4. The van der Waals surface area contributed by atoms with E-state index in [-0.39, 0.29) is 11.7 Å². The number of imidazole rings is 1. The fraction of sp³-hybridized carbons (Fsp3) is 0.227. The number of thioether (sulfide) groups is 1. The third kappa shape index (κ3) is 5.02. The Hall–Kier alpha value is -3.04. The average Bonchev–Trinajstić information content (AvgIpc) is 3.17. The Balaban J connectivity index is 1.60. The van der Waals surface area contributed by atoms with Gasteiger partial charge in [0.25, 0.3) is 0 Å². The van der Waals surface area contributed by atoms with Crippen LogP contribution < -0.4 is 5.32 Å². The van der Waals surface area contributed by atoms with Gasteiger partial charge in [0, 0.05) is 23.8 Å². The van der Waals surface area contributed by atoms with Crippen LogP contribution in [0.4, 0.5) is 5.69 Å². The summed E-state index contributed by atoms with van der Waals surface area (Å²) in [6.45, 7) is 4.34. The molecule has 1 amide bonds. The van der Waals surface area contributed by atoms with Crippen LogP contribution in [0.2, 0.25) is 0 Å². The van der Waals surface area contributed by atoms with Gasteiger partial charge in [-0.3, -0.25) is 9.36 Å². The fourth-order valence-corrected chi connectivity index (χ4v) is 3.51. The first-order valence-electron chi connectivity index (χ1n) is 9.09. The molecule has 1 heterocycles. The molecule has 0 spiro atoms. The van der Waals surface area contributed by atoms with Crippen LogP contribution in [0.15, 0.2) is 66.1 Å². The number of carbonyl (C=O) groups is 1. The lowest BCUT2D eigenvalue weighted by Gasteiger charge is -2.10. The topological polar surface area (TPSA) is 70.7 Å². The van der Waals surface area contributed by atoms with Crippen LogP contribution in [0.3, 0.4) is 0 Å². The number of nitrogens with zero attached hydrogens (tertiary/aromatic N) is 3. The summed E-state index contributed by atoms with van der Waals surface area (Å²) in [5.74, 6) is 0.659. The predicted octanol–water partition coefficient (Wildman–Crippen LogP) is 4.79. The Bertz CT molecular complexity index is 969. The minimum atomic E-state index is -0.0947. The third-order valence-electron chi connectivity index (χ3n) is 4.30. The summed E-state index contributed by atoms with van der Waals surface area (Å²) >= 11 is 1.39. The quantitative estimate of drug-likeness (QED) is 0.589. The van der Waals surface area contributed by atoms with Gasteiger partial charge >= 0.3 is 0 Å². The second-order valence-corrected chi connectivity index (χ2v) is 7.64. The van der Waals surface area contributed by atoms with E-state index in [0.717, 1.165) is 22.1 Å². The van der Waals surface area contributed by atoms with E-state index in [1.165, 1.54) is 17.3 Å². The molecule has 1 aromatic heterocycles. The fourth-order valence-electron chi connectivity index (χ4n) is 2.74. The molecular formula is C22H22N4OS. The molecule has 0 atom stereocenters. The van der Waals surface area contributed by atoms with Gasteiger partial charge < -0.3 is 5.32 Å². The number of hydrogen-bond donors (Lipinski definition) is 1. The van der Waals surface area contributed by atoms with Crippen molar-refractivity contribution in [2.75, 3.05) is 11.1 Å². The maximum Gasteiger partial charge on any atom is 0.234 e. The van der Waals surface area contributed by atoms with Crippen LogP contribution >= 0.6 is 11.8 Å². The van der Waals surface area contributed by atoms with E-state index in [4.69, 9.17) is 5.26 Å². The Morgan fingerprint density at radius 3 is 2.54 bits per heavy atom. The van der Waals surface area contributed by atoms with E-state index in [0.29, 0.717) is 12.3 Å². The van der Waals surface area contributed by atoms with Crippen molar-refractivity contribution in [3.05, 3.63) is 72.1 Å². The number of amides is 1. The summed E-state index contributed by atoms with van der Waals surface area (Å²) in [7, 11) is 0. The van der Waals surface area contributed by atoms with Crippen LogP contribution in [0.25, 0.3) is 5.69 Å². The van der Waals surface area contributed by atoms with Crippen molar-refractivity contribution in [3.8, 4) is 11.8 Å². The lowest BCUT2D eigenvalue weighted by atomic mass is 10.0. The molecule has 2 aromatic carbocycles. The molecule has 3 aromatic rings. The summed E-state index contributed by atoms with van der Waals surface area (Å²) < 4.78 is 1.98. The number of benzene rings is 2. The summed E-state index contributed by atoms with van der Waals surface area (Å²) in [6.07, 6.45) is 4.01. The predicted molar refractivity (Wildman–Crippen MR) is 113 cm³/mol. The highest BCUT2D eigenvalue weighted by Gasteiger charge is 2.10. The third-order valence-corrected chi connectivity index (χ3v) is 5.26. The summed E-state index contributed by atoms with van der Waals surface area (Å²) in [5, 5.41) is 12.4. The number of nitrogens with one attached hydrogen (secondary N) is 1. The van der Waals surface area contributed by atoms with Gasteiger partial charge in [-0.25, -0.2) is 4.98 Å². The van der Waals surface area contributed by atoms with Crippen molar-refractivity contribution in [3.63, 3.8) is 0 Å². The van der Waals surface area contributed by atoms with Crippen LogP contribution in [-0.4, -0.2) is 21.2 Å².